The zero-order valence-corrected chi connectivity index (χ0v) is 10.1. The Hall–Kier alpha value is -1.75. The average Bonchev–Trinajstić information content (AvgIpc) is 2.38. The predicted octanol–water partition coefficient (Wildman–Crippen LogP) is 1.72. The van der Waals surface area contributed by atoms with E-state index in [2.05, 4.69) is 5.16 Å². The number of amidine groups is 1. The molecular weight excluding hydrogens is 220 g/mol. The molecule has 0 unspecified atom stereocenters. The number of ether oxygens (including phenoxy) is 2. The number of methoxy groups -OCH3 is 1. The molecule has 0 fully saturated rings. The van der Waals surface area contributed by atoms with E-state index in [0.29, 0.717) is 18.8 Å². The lowest BCUT2D eigenvalue weighted by Gasteiger charge is -2.10. The normalized spacial score (nSPS) is 11.5. The van der Waals surface area contributed by atoms with Crippen LogP contribution in [0.15, 0.2) is 23.4 Å². The van der Waals surface area contributed by atoms with Crippen LogP contribution in [0, 0.1) is 0 Å². The highest BCUT2D eigenvalue weighted by Crippen LogP contribution is 2.20. The van der Waals surface area contributed by atoms with Gasteiger partial charge in [0.15, 0.2) is 5.84 Å². The van der Waals surface area contributed by atoms with Gasteiger partial charge in [-0.05, 0) is 24.6 Å². The van der Waals surface area contributed by atoms with Crippen molar-refractivity contribution in [1.82, 2.24) is 0 Å². The highest BCUT2D eigenvalue weighted by molar-refractivity contribution is 5.97. The fourth-order valence-corrected chi connectivity index (χ4v) is 1.43. The molecule has 0 saturated carbocycles. The molecule has 17 heavy (non-hydrogen) atoms. The van der Waals surface area contributed by atoms with Gasteiger partial charge in [-0.3, -0.25) is 0 Å². The van der Waals surface area contributed by atoms with E-state index in [-0.39, 0.29) is 5.84 Å². The Morgan fingerprint density at radius 2 is 2.24 bits per heavy atom. The third-order valence-corrected chi connectivity index (χ3v) is 2.29. The summed E-state index contributed by atoms with van der Waals surface area (Å²) >= 11 is 0. The summed E-state index contributed by atoms with van der Waals surface area (Å²) in [6.07, 6.45) is 0.961. The number of benzene rings is 1. The van der Waals surface area contributed by atoms with Crippen molar-refractivity contribution in [1.29, 1.82) is 0 Å². The lowest BCUT2D eigenvalue weighted by Crippen LogP contribution is -2.13. The van der Waals surface area contributed by atoms with Crippen molar-refractivity contribution in [3.05, 3.63) is 29.3 Å². The van der Waals surface area contributed by atoms with Crippen LogP contribution in [0.1, 0.15) is 24.5 Å². The monoisotopic (exact) mass is 238 g/mol. The summed E-state index contributed by atoms with van der Waals surface area (Å²) < 4.78 is 10.7. The maximum absolute atomic E-state index is 8.62. The Kier molecular flexibility index (Phi) is 5.29. The van der Waals surface area contributed by atoms with E-state index in [0.717, 1.165) is 17.7 Å². The first kappa shape index (κ1) is 13.3. The lowest BCUT2D eigenvalue weighted by atomic mass is 10.1. The molecular formula is C12H18N2O3. The van der Waals surface area contributed by atoms with Gasteiger partial charge in [0.2, 0.25) is 0 Å². The summed E-state index contributed by atoms with van der Waals surface area (Å²) in [7, 11) is 1.60. The molecule has 0 amide bonds. The number of nitrogens with zero attached hydrogens (tertiary/aromatic N) is 1. The average molecular weight is 238 g/mol. The number of rotatable bonds is 6. The van der Waals surface area contributed by atoms with Crippen LogP contribution in [0.5, 0.6) is 5.75 Å². The molecule has 5 heteroatoms. The van der Waals surface area contributed by atoms with E-state index in [1.807, 2.05) is 6.92 Å². The van der Waals surface area contributed by atoms with E-state index in [9.17, 15) is 0 Å². The SMILES string of the molecule is CCCOCc1cc(/C(N)=N/O)ccc1OC. The summed E-state index contributed by atoms with van der Waals surface area (Å²) in [6.45, 7) is 3.19. The number of oxime groups is 1. The Labute approximate surface area is 101 Å². The summed E-state index contributed by atoms with van der Waals surface area (Å²) in [5.74, 6) is 0.806. The van der Waals surface area contributed by atoms with Gasteiger partial charge in [-0.15, -0.1) is 0 Å². The largest absolute Gasteiger partial charge is 0.496 e. The lowest BCUT2D eigenvalue weighted by molar-refractivity contribution is 0.119. The van der Waals surface area contributed by atoms with Gasteiger partial charge in [-0.25, -0.2) is 0 Å². The first-order chi connectivity index (χ1) is 8.22. The minimum Gasteiger partial charge on any atom is -0.496 e. The van der Waals surface area contributed by atoms with Gasteiger partial charge >= 0.3 is 0 Å². The molecule has 0 aromatic heterocycles. The Morgan fingerprint density at radius 3 is 2.82 bits per heavy atom. The molecule has 0 atom stereocenters. The first-order valence-corrected chi connectivity index (χ1v) is 5.45. The van der Waals surface area contributed by atoms with E-state index in [1.165, 1.54) is 0 Å². The standard InChI is InChI=1S/C12H18N2O3/c1-3-6-17-8-10-7-9(12(13)14-15)4-5-11(10)16-2/h4-5,7,15H,3,6,8H2,1-2H3,(H2,13,14). The van der Waals surface area contributed by atoms with E-state index >= 15 is 0 Å². The van der Waals surface area contributed by atoms with Crippen LogP contribution in [-0.4, -0.2) is 24.8 Å². The Bertz CT molecular complexity index is 391. The molecule has 0 spiro atoms. The van der Waals surface area contributed by atoms with Crippen LogP contribution in [0.25, 0.3) is 0 Å². The van der Waals surface area contributed by atoms with Crippen molar-refractivity contribution in [3.63, 3.8) is 0 Å². The smallest absolute Gasteiger partial charge is 0.170 e. The zero-order chi connectivity index (χ0) is 12.7. The van der Waals surface area contributed by atoms with E-state index in [4.69, 9.17) is 20.4 Å². The Morgan fingerprint density at radius 1 is 1.47 bits per heavy atom. The topological polar surface area (TPSA) is 77.1 Å². The molecule has 0 aliphatic rings. The third kappa shape index (κ3) is 3.64. The minimum atomic E-state index is 0.0735. The fourth-order valence-electron chi connectivity index (χ4n) is 1.43. The van der Waals surface area contributed by atoms with Gasteiger partial charge in [-0.1, -0.05) is 12.1 Å². The van der Waals surface area contributed by atoms with E-state index in [1.54, 1.807) is 25.3 Å². The van der Waals surface area contributed by atoms with Crippen LogP contribution in [-0.2, 0) is 11.3 Å². The quantitative estimate of drug-likeness (QED) is 0.260. The van der Waals surface area contributed by atoms with Crippen molar-refractivity contribution >= 4 is 5.84 Å². The van der Waals surface area contributed by atoms with Crippen molar-refractivity contribution in [2.75, 3.05) is 13.7 Å². The zero-order valence-electron chi connectivity index (χ0n) is 10.1. The predicted molar refractivity (Wildman–Crippen MR) is 65.5 cm³/mol. The number of hydrogen-bond donors (Lipinski definition) is 2. The molecule has 0 aliphatic heterocycles. The van der Waals surface area contributed by atoms with Gasteiger partial charge in [-0.2, -0.15) is 0 Å². The molecule has 0 heterocycles. The van der Waals surface area contributed by atoms with Crippen molar-refractivity contribution in [2.24, 2.45) is 10.9 Å². The molecule has 0 aliphatic carbocycles. The van der Waals surface area contributed by atoms with Crippen molar-refractivity contribution < 1.29 is 14.7 Å². The van der Waals surface area contributed by atoms with Gasteiger partial charge in [0.25, 0.3) is 0 Å². The summed E-state index contributed by atoms with van der Waals surface area (Å²) in [6, 6.07) is 5.30. The van der Waals surface area contributed by atoms with Gasteiger partial charge in [0.1, 0.15) is 5.75 Å². The highest BCUT2D eigenvalue weighted by Gasteiger charge is 2.07. The number of nitrogens with two attached hydrogens (primary N) is 1. The molecule has 5 nitrogen and oxygen atoms in total. The maximum Gasteiger partial charge on any atom is 0.170 e. The molecule has 0 radical (unpaired) electrons. The van der Waals surface area contributed by atoms with Gasteiger partial charge < -0.3 is 20.4 Å². The maximum atomic E-state index is 8.62. The second-order valence-electron chi connectivity index (χ2n) is 3.56. The minimum absolute atomic E-state index is 0.0735. The third-order valence-electron chi connectivity index (χ3n) is 2.29. The van der Waals surface area contributed by atoms with Gasteiger partial charge in [0.05, 0.1) is 13.7 Å². The van der Waals surface area contributed by atoms with Crippen molar-refractivity contribution in [3.8, 4) is 5.75 Å². The van der Waals surface area contributed by atoms with Crippen LogP contribution in [0.4, 0.5) is 0 Å². The molecule has 0 bridgehead atoms. The molecule has 94 valence electrons. The van der Waals surface area contributed by atoms with Crippen LogP contribution in [0.2, 0.25) is 0 Å². The van der Waals surface area contributed by atoms with E-state index < -0.39 is 0 Å². The van der Waals surface area contributed by atoms with Gasteiger partial charge in [0, 0.05) is 17.7 Å². The molecule has 1 rings (SSSR count). The molecule has 1 aromatic carbocycles. The van der Waals surface area contributed by atoms with Crippen LogP contribution in [0.3, 0.4) is 0 Å². The Balaban J connectivity index is 2.90. The molecule has 3 N–H and O–H groups in total. The summed E-state index contributed by atoms with van der Waals surface area (Å²) in [5.41, 5.74) is 7.05. The fraction of sp³-hybridized carbons (Fsp3) is 0.417. The second kappa shape index (κ2) is 6.75. The highest BCUT2D eigenvalue weighted by atomic mass is 16.5. The van der Waals surface area contributed by atoms with Crippen LogP contribution >= 0.6 is 0 Å². The summed E-state index contributed by atoms with van der Waals surface area (Å²) in [4.78, 5) is 0. The molecule has 0 saturated heterocycles. The first-order valence-electron chi connectivity index (χ1n) is 5.45. The molecule has 1 aromatic rings. The van der Waals surface area contributed by atoms with Crippen LogP contribution < -0.4 is 10.5 Å². The second-order valence-corrected chi connectivity index (χ2v) is 3.56. The summed E-state index contributed by atoms with van der Waals surface area (Å²) in [5, 5.41) is 11.6. The van der Waals surface area contributed by atoms with Crippen molar-refractivity contribution in [2.45, 2.75) is 20.0 Å². The number of hydrogen-bond acceptors (Lipinski definition) is 4.